The Morgan fingerprint density at radius 3 is 2.75 bits per heavy atom. The molecule has 0 bridgehead atoms. The largest absolute Gasteiger partial charge is 0.415 e. The highest BCUT2D eigenvalue weighted by Crippen LogP contribution is 2.12. The van der Waals surface area contributed by atoms with Gasteiger partial charge in [-0.2, -0.15) is 0 Å². The first-order valence-electron chi connectivity index (χ1n) is 5.21. The number of hydrogen-bond acceptors (Lipinski definition) is 4. The maximum absolute atomic E-state index is 11.7. The molecule has 5 heteroatoms. The highest BCUT2D eigenvalue weighted by molar-refractivity contribution is 7.80. The second kappa shape index (κ2) is 5.23. The smallest absolute Gasteiger partial charge is 0.411 e. The molecule has 0 atom stereocenters. The van der Waals surface area contributed by atoms with E-state index in [2.05, 4.69) is 0 Å². The summed E-state index contributed by atoms with van der Waals surface area (Å²) >= 11 is 5.00. The van der Waals surface area contributed by atoms with Crippen molar-refractivity contribution in [1.29, 1.82) is 0 Å². The summed E-state index contributed by atoms with van der Waals surface area (Å²) in [6, 6.07) is 0. The molecule has 0 N–H and O–H groups in total. The molecule has 0 aromatic heterocycles. The summed E-state index contributed by atoms with van der Waals surface area (Å²) in [6.07, 6.45) is 5.69. The molecule has 1 fully saturated rings. The third-order valence-electron chi connectivity index (χ3n) is 2.41. The van der Waals surface area contributed by atoms with Crippen molar-refractivity contribution < 1.29 is 14.3 Å². The van der Waals surface area contributed by atoms with E-state index in [4.69, 9.17) is 21.7 Å². The van der Waals surface area contributed by atoms with Crippen LogP contribution in [0.15, 0.2) is 24.0 Å². The van der Waals surface area contributed by atoms with E-state index in [1.807, 2.05) is 6.08 Å². The summed E-state index contributed by atoms with van der Waals surface area (Å²) in [6.45, 7) is 2.34. The number of allylic oxidation sites excluding steroid dienone is 3. The van der Waals surface area contributed by atoms with Crippen molar-refractivity contribution in [2.24, 2.45) is 0 Å². The van der Waals surface area contributed by atoms with Gasteiger partial charge in [-0.25, -0.2) is 4.79 Å². The first kappa shape index (κ1) is 11.3. The number of morpholine rings is 1. The van der Waals surface area contributed by atoms with E-state index in [1.54, 1.807) is 17.1 Å². The third kappa shape index (κ3) is 2.90. The van der Waals surface area contributed by atoms with Gasteiger partial charge in [0.2, 0.25) is 0 Å². The molecule has 2 aliphatic rings. The minimum atomic E-state index is -0.313. The zero-order valence-electron chi connectivity index (χ0n) is 8.85. The van der Waals surface area contributed by atoms with Gasteiger partial charge in [0, 0.05) is 24.4 Å². The summed E-state index contributed by atoms with van der Waals surface area (Å²) < 4.78 is 10.4. The molecule has 1 amide bonds. The number of carbonyl (C=O) groups is 1. The number of amides is 1. The Labute approximate surface area is 99.5 Å². The minimum Gasteiger partial charge on any atom is -0.411 e. The van der Waals surface area contributed by atoms with Crippen LogP contribution in [0.25, 0.3) is 0 Å². The molecule has 1 heterocycles. The fourth-order valence-electron chi connectivity index (χ4n) is 1.50. The lowest BCUT2D eigenvalue weighted by molar-refractivity contribution is 0.0356. The van der Waals surface area contributed by atoms with Crippen LogP contribution >= 0.6 is 12.2 Å². The highest BCUT2D eigenvalue weighted by Gasteiger charge is 2.19. The molecule has 0 aromatic carbocycles. The van der Waals surface area contributed by atoms with Gasteiger partial charge in [0.15, 0.2) is 0 Å². The quantitative estimate of drug-likeness (QED) is 0.652. The summed E-state index contributed by atoms with van der Waals surface area (Å²) in [5, 5.41) is 0. The van der Waals surface area contributed by atoms with E-state index >= 15 is 0 Å². The van der Waals surface area contributed by atoms with E-state index in [0.29, 0.717) is 38.5 Å². The van der Waals surface area contributed by atoms with Crippen LogP contribution < -0.4 is 0 Å². The Morgan fingerprint density at radius 1 is 1.38 bits per heavy atom. The zero-order chi connectivity index (χ0) is 11.4. The van der Waals surface area contributed by atoms with Crippen LogP contribution in [0.1, 0.15) is 6.42 Å². The lowest BCUT2D eigenvalue weighted by Crippen LogP contribution is -2.40. The molecular weight excluding hydrogens is 226 g/mol. The Hall–Kier alpha value is -1.20. The third-order valence-corrected chi connectivity index (χ3v) is 2.72. The van der Waals surface area contributed by atoms with E-state index in [-0.39, 0.29) is 6.09 Å². The normalized spacial score (nSPS) is 20.6. The van der Waals surface area contributed by atoms with Crippen LogP contribution in [0.3, 0.4) is 0 Å². The molecule has 0 spiro atoms. The molecule has 1 aliphatic carbocycles. The molecule has 0 radical (unpaired) electrons. The van der Waals surface area contributed by atoms with Gasteiger partial charge in [-0.1, -0.05) is 12.2 Å². The Morgan fingerprint density at radius 2 is 2.12 bits per heavy atom. The Bertz CT molecular complexity index is 356. The predicted molar refractivity (Wildman–Crippen MR) is 63.3 cm³/mol. The summed E-state index contributed by atoms with van der Waals surface area (Å²) in [5.41, 5.74) is 0. The number of rotatable bonds is 1. The van der Waals surface area contributed by atoms with Crippen LogP contribution in [0.4, 0.5) is 4.79 Å². The minimum absolute atomic E-state index is 0.313. The first-order valence-corrected chi connectivity index (χ1v) is 5.62. The van der Waals surface area contributed by atoms with Gasteiger partial charge in [-0.05, 0) is 18.2 Å². The number of nitrogens with zero attached hydrogens (tertiary/aromatic N) is 1. The van der Waals surface area contributed by atoms with Gasteiger partial charge >= 0.3 is 6.09 Å². The number of ether oxygens (including phenoxy) is 2. The Kier molecular flexibility index (Phi) is 3.69. The second-order valence-corrected chi connectivity index (χ2v) is 4.10. The molecule has 0 unspecified atom stereocenters. The highest BCUT2D eigenvalue weighted by atomic mass is 32.1. The van der Waals surface area contributed by atoms with Gasteiger partial charge in [0.05, 0.1) is 13.2 Å². The second-order valence-electron chi connectivity index (χ2n) is 3.58. The van der Waals surface area contributed by atoms with Crippen LogP contribution in [-0.2, 0) is 9.47 Å². The molecule has 1 aliphatic heterocycles. The first-order chi connectivity index (χ1) is 7.75. The maximum Gasteiger partial charge on any atom is 0.415 e. The fourth-order valence-corrected chi connectivity index (χ4v) is 1.65. The number of hydrogen-bond donors (Lipinski definition) is 0. The van der Waals surface area contributed by atoms with Crippen LogP contribution in [0.2, 0.25) is 0 Å². The predicted octanol–water partition coefficient (Wildman–Crippen LogP) is 1.67. The number of thiocarbonyl (C=S) groups is 1. The Balaban J connectivity index is 1.87. The average Bonchev–Trinajstić information content (AvgIpc) is 2.33. The van der Waals surface area contributed by atoms with E-state index < -0.39 is 0 Å². The molecule has 16 heavy (non-hydrogen) atoms. The van der Waals surface area contributed by atoms with Crippen molar-refractivity contribution in [3.8, 4) is 0 Å². The lowest BCUT2D eigenvalue weighted by atomic mass is 10.2. The van der Waals surface area contributed by atoms with Gasteiger partial charge in [0.1, 0.15) is 5.76 Å². The average molecular weight is 239 g/mol. The van der Waals surface area contributed by atoms with Crippen LogP contribution in [0.5, 0.6) is 0 Å². The van der Waals surface area contributed by atoms with Crippen LogP contribution in [-0.4, -0.2) is 42.2 Å². The standard InChI is InChI=1S/C11H13NO3S/c13-11(12-5-7-14-8-6-12)15-9-1-3-10(16)4-2-9/h1-3H,4-8H2. The summed E-state index contributed by atoms with van der Waals surface area (Å²) in [4.78, 5) is 14.2. The molecule has 4 nitrogen and oxygen atoms in total. The van der Waals surface area contributed by atoms with E-state index in [9.17, 15) is 4.79 Å². The van der Waals surface area contributed by atoms with Gasteiger partial charge < -0.3 is 14.4 Å². The van der Waals surface area contributed by atoms with Crippen molar-refractivity contribution in [1.82, 2.24) is 4.90 Å². The molecule has 0 aromatic rings. The zero-order valence-corrected chi connectivity index (χ0v) is 9.66. The summed E-state index contributed by atoms with van der Waals surface area (Å²) in [5.74, 6) is 0.574. The topological polar surface area (TPSA) is 38.8 Å². The molecule has 1 saturated heterocycles. The molecule has 0 saturated carbocycles. The van der Waals surface area contributed by atoms with Crippen molar-refractivity contribution in [2.45, 2.75) is 6.42 Å². The van der Waals surface area contributed by atoms with Crippen molar-refractivity contribution in [2.75, 3.05) is 26.3 Å². The van der Waals surface area contributed by atoms with Crippen LogP contribution in [0, 0.1) is 0 Å². The van der Waals surface area contributed by atoms with Crippen molar-refractivity contribution >= 4 is 23.2 Å². The van der Waals surface area contributed by atoms with Gasteiger partial charge in [-0.3, -0.25) is 0 Å². The SMILES string of the molecule is O=C(OC1=CCC(=S)C=C1)N1CCOCC1. The van der Waals surface area contributed by atoms with Gasteiger partial charge in [-0.15, -0.1) is 0 Å². The fraction of sp³-hybridized carbons (Fsp3) is 0.455. The lowest BCUT2D eigenvalue weighted by Gasteiger charge is -2.26. The molecular formula is C11H13NO3S. The van der Waals surface area contributed by atoms with Crippen molar-refractivity contribution in [3.63, 3.8) is 0 Å². The summed E-state index contributed by atoms with van der Waals surface area (Å²) in [7, 11) is 0. The van der Waals surface area contributed by atoms with E-state index in [0.717, 1.165) is 4.86 Å². The molecule has 86 valence electrons. The number of carbonyl (C=O) groups excluding carboxylic acids is 1. The van der Waals surface area contributed by atoms with Crippen molar-refractivity contribution in [3.05, 3.63) is 24.0 Å². The van der Waals surface area contributed by atoms with E-state index in [1.165, 1.54) is 0 Å². The van der Waals surface area contributed by atoms with Gasteiger partial charge in [0.25, 0.3) is 0 Å². The maximum atomic E-state index is 11.7. The monoisotopic (exact) mass is 239 g/mol. The molecule has 2 rings (SSSR count).